The van der Waals surface area contributed by atoms with Crippen molar-refractivity contribution in [1.29, 1.82) is 0 Å². The summed E-state index contributed by atoms with van der Waals surface area (Å²) in [4.78, 5) is 0. The lowest BCUT2D eigenvalue weighted by atomic mass is 9.82. The second-order valence-corrected chi connectivity index (χ2v) is 19.1. The number of benzene rings is 10. The molecule has 2 heteroatoms. The maximum Gasteiger partial charge on any atom is 0.0547 e. The Labute approximate surface area is 383 Å². The van der Waals surface area contributed by atoms with Gasteiger partial charge in [0.2, 0.25) is 0 Å². The number of aromatic nitrogens is 1. The molecular formula is C63H43NS. The van der Waals surface area contributed by atoms with Crippen LogP contribution in [0.4, 0.5) is 0 Å². The molecule has 0 saturated heterocycles. The van der Waals surface area contributed by atoms with Gasteiger partial charge in [-0.25, -0.2) is 0 Å². The fraction of sp³-hybridized carbons (Fsp3) is 0.0476. The van der Waals surface area contributed by atoms with Gasteiger partial charge in [0.25, 0.3) is 0 Å². The average Bonchev–Trinajstić information content (AvgIpc) is 3.99. The fourth-order valence-electron chi connectivity index (χ4n) is 10.7. The van der Waals surface area contributed by atoms with Gasteiger partial charge in [0, 0.05) is 47.6 Å². The molecule has 0 amide bonds. The predicted octanol–water partition coefficient (Wildman–Crippen LogP) is 17.8. The SMILES string of the molecule is CC1(C)c2ccccc2-c2ccc(-n3c4ccccc4c4ccc(-c5cc(-c6ccc(-c7ccccc7)cc6)cc(-c6cc(-c7ccccc7)c7sc8ccccc8c7c6)c5)cc43)cc21. The summed E-state index contributed by atoms with van der Waals surface area (Å²) in [6, 6.07) is 83.5. The van der Waals surface area contributed by atoms with Crippen LogP contribution in [0.5, 0.6) is 0 Å². The van der Waals surface area contributed by atoms with Gasteiger partial charge in [0.1, 0.15) is 0 Å². The number of hydrogen-bond donors (Lipinski definition) is 0. The Hall–Kier alpha value is -7.78. The van der Waals surface area contributed by atoms with Crippen molar-refractivity contribution in [3.05, 3.63) is 236 Å². The molecule has 0 bridgehead atoms. The maximum absolute atomic E-state index is 2.49. The number of fused-ring (bicyclic) bond motifs is 9. The summed E-state index contributed by atoms with van der Waals surface area (Å²) in [7, 11) is 0. The van der Waals surface area contributed by atoms with Crippen molar-refractivity contribution in [2.24, 2.45) is 0 Å². The van der Waals surface area contributed by atoms with Crippen molar-refractivity contribution in [2.75, 3.05) is 0 Å². The van der Waals surface area contributed by atoms with Gasteiger partial charge >= 0.3 is 0 Å². The van der Waals surface area contributed by atoms with Gasteiger partial charge in [-0.2, -0.15) is 0 Å². The van der Waals surface area contributed by atoms with E-state index >= 15 is 0 Å². The highest BCUT2D eigenvalue weighted by Crippen LogP contribution is 2.50. The molecule has 2 aromatic heterocycles. The van der Waals surface area contributed by atoms with E-state index in [0.717, 1.165) is 0 Å². The minimum absolute atomic E-state index is 0.0965. The average molecular weight is 846 g/mol. The van der Waals surface area contributed by atoms with Gasteiger partial charge in [-0.15, -0.1) is 11.3 Å². The van der Waals surface area contributed by atoms with E-state index in [0.29, 0.717) is 0 Å². The third kappa shape index (κ3) is 6.05. The summed E-state index contributed by atoms with van der Waals surface area (Å²) in [6.45, 7) is 4.74. The first kappa shape index (κ1) is 37.7. The normalized spacial score (nSPS) is 12.9. The smallest absolute Gasteiger partial charge is 0.0547 e. The third-order valence-electron chi connectivity index (χ3n) is 14.0. The molecule has 0 N–H and O–H groups in total. The molecule has 0 aliphatic heterocycles. The number of hydrogen-bond acceptors (Lipinski definition) is 1. The lowest BCUT2D eigenvalue weighted by Crippen LogP contribution is -2.15. The highest BCUT2D eigenvalue weighted by Gasteiger charge is 2.35. The molecule has 13 rings (SSSR count). The Kier molecular flexibility index (Phi) is 8.50. The Bertz CT molecular complexity index is 3830. The summed E-state index contributed by atoms with van der Waals surface area (Å²) in [5, 5.41) is 5.11. The molecule has 1 nitrogen and oxygen atoms in total. The van der Waals surface area contributed by atoms with Gasteiger partial charge in [-0.05, 0) is 133 Å². The van der Waals surface area contributed by atoms with Crippen LogP contribution in [0.3, 0.4) is 0 Å². The van der Waals surface area contributed by atoms with E-state index in [1.165, 1.54) is 126 Å². The second-order valence-electron chi connectivity index (χ2n) is 18.1. The Morgan fingerprint density at radius 2 is 0.877 bits per heavy atom. The van der Waals surface area contributed by atoms with E-state index < -0.39 is 0 Å². The highest BCUT2D eigenvalue weighted by atomic mass is 32.1. The van der Waals surface area contributed by atoms with Gasteiger partial charge in [-0.3, -0.25) is 0 Å². The number of nitrogens with zero attached hydrogens (tertiary/aromatic N) is 1. The molecule has 12 aromatic rings. The molecule has 306 valence electrons. The minimum Gasteiger partial charge on any atom is -0.309 e. The van der Waals surface area contributed by atoms with Crippen molar-refractivity contribution in [1.82, 2.24) is 4.57 Å². The van der Waals surface area contributed by atoms with Crippen LogP contribution < -0.4 is 0 Å². The van der Waals surface area contributed by atoms with Crippen LogP contribution in [0.1, 0.15) is 25.0 Å². The van der Waals surface area contributed by atoms with E-state index in [9.17, 15) is 0 Å². The summed E-state index contributed by atoms with van der Waals surface area (Å²) in [5.74, 6) is 0. The van der Waals surface area contributed by atoms with Gasteiger partial charge in [0.15, 0.2) is 0 Å². The molecule has 65 heavy (non-hydrogen) atoms. The van der Waals surface area contributed by atoms with Crippen LogP contribution >= 0.6 is 11.3 Å². The molecule has 0 atom stereocenters. The van der Waals surface area contributed by atoms with Gasteiger partial charge < -0.3 is 4.57 Å². The first-order valence-electron chi connectivity index (χ1n) is 22.6. The molecule has 0 unspecified atom stereocenters. The van der Waals surface area contributed by atoms with E-state index in [4.69, 9.17) is 0 Å². The second kappa shape index (κ2) is 14.6. The molecule has 0 radical (unpaired) electrons. The topological polar surface area (TPSA) is 4.93 Å². The predicted molar refractivity (Wildman–Crippen MR) is 278 cm³/mol. The van der Waals surface area contributed by atoms with Gasteiger partial charge in [0.05, 0.1) is 11.0 Å². The van der Waals surface area contributed by atoms with Crippen molar-refractivity contribution in [2.45, 2.75) is 19.3 Å². The van der Waals surface area contributed by atoms with Crippen molar-refractivity contribution in [3.63, 3.8) is 0 Å². The van der Waals surface area contributed by atoms with Crippen molar-refractivity contribution in [3.8, 4) is 72.4 Å². The first-order chi connectivity index (χ1) is 32.0. The number of thiophene rings is 1. The van der Waals surface area contributed by atoms with E-state index in [-0.39, 0.29) is 5.41 Å². The van der Waals surface area contributed by atoms with Crippen LogP contribution in [-0.4, -0.2) is 4.57 Å². The zero-order valence-electron chi connectivity index (χ0n) is 36.2. The number of rotatable bonds is 6. The van der Waals surface area contributed by atoms with Crippen LogP contribution in [0.2, 0.25) is 0 Å². The zero-order valence-corrected chi connectivity index (χ0v) is 37.0. The van der Waals surface area contributed by atoms with Crippen LogP contribution in [0.15, 0.2) is 224 Å². The first-order valence-corrected chi connectivity index (χ1v) is 23.4. The summed E-state index contributed by atoms with van der Waals surface area (Å²) in [6.07, 6.45) is 0. The molecular weight excluding hydrogens is 803 g/mol. The summed E-state index contributed by atoms with van der Waals surface area (Å²) in [5.41, 5.74) is 21.0. The quantitative estimate of drug-likeness (QED) is 0.157. The molecule has 2 heterocycles. The van der Waals surface area contributed by atoms with Crippen molar-refractivity contribution >= 4 is 53.3 Å². The monoisotopic (exact) mass is 845 g/mol. The largest absolute Gasteiger partial charge is 0.309 e. The molecule has 0 spiro atoms. The molecule has 1 aliphatic rings. The molecule has 0 saturated carbocycles. The van der Waals surface area contributed by atoms with Gasteiger partial charge in [-0.1, -0.05) is 178 Å². The van der Waals surface area contributed by atoms with Crippen molar-refractivity contribution < 1.29 is 0 Å². The van der Waals surface area contributed by atoms with Crippen LogP contribution in [-0.2, 0) is 5.41 Å². The summed E-state index contributed by atoms with van der Waals surface area (Å²) >= 11 is 1.89. The lowest BCUT2D eigenvalue weighted by Gasteiger charge is -2.22. The Balaban J connectivity index is 1.03. The summed E-state index contributed by atoms with van der Waals surface area (Å²) < 4.78 is 5.12. The molecule has 1 aliphatic carbocycles. The zero-order chi connectivity index (χ0) is 43.2. The van der Waals surface area contributed by atoms with Crippen LogP contribution in [0, 0.1) is 0 Å². The fourth-order valence-corrected chi connectivity index (χ4v) is 11.9. The lowest BCUT2D eigenvalue weighted by molar-refractivity contribution is 0.660. The maximum atomic E-state index is 2.49. The van der Waals surface area contributed by atoms with E-state index in [1.807, 2.05) is 11.3 Å². The highest BCUT2D eigenvalue weighted by molar-refractivity contribution is 7.26. The standard InChI is InChI=1S/C63H43NS/c1-63(2)57-22-12-9-19-50(57)51-32-30-49(39-58(51)63)64-59-23-13-10-20-52(59)53-31-29-44(38-60(53)64)46-33-45(42-27-25-41(26-28-42)40-15-5-3-6-16-40)34-47(35-46)48-36-55(43-17-7-4-8-18-43)62-56(37-48)54-21-11-14-24-61(54)65-62/h3-39H,1-2H3. The van der Waals surface area contributed by atoms with E-state index in [1.54, 1.807) is 0 Å². The molecule has 0 fully saturated rings. The Morgan fingerprint density at radius 1 is 0.323 bits per heavy atom. The van der Waals surface area contributed by atoms with E-state index in [2.05, 4.69) is 243 Å². The molecule has 10 aromatic carbocycles. The third-order valence-corrected chi connectivity index (χ3v) is 15.2. The minimum atomic E-state index is -0.0965. The number of para-hydroxylation sites is 1. The van der Waals surface area contributed by atoms with Crippen LogP contribution in [0.25, 0.3) is 114 Å². The Morgan fingerprint density at radius 3 is 1.66 bits per heavy atom.